The number of nitriles is 1. The second-order valence-electron chi connectivity index (χ2n) is 9.42. The van der Waals surface area contributed by atoms with Gasteiger partial charge in [-0.3, -0.25) is 9.59 Å². The quantitative estimate of drug-likeness (QED) is 0.301. The predicted octanol–water partition coefficient (Wildman–Crippen LogP) is 5.07. The first kappa shape index (κ1) is 30.0. The van der Waals surface area contributed by atoms with E-state index in [9.17, 15) is 19.6 Å². The average molecular weight is 545 g/mol. The Morgan fingerprint density at radius 3 is 2.32 bits per heavy atom. The van der Waals surface area contributed by atoms with E-state index in [4.69, 9.17) is 16.3 Å². The van der Waals surface area contributed by atoms with E-state index in [-0.39, 0.29) is 5.75 Å². The van der Waals surface area contributed by atoms with Crippen molar-refractivity contribution in [2.45, 2.75) is 58.7 Å². The summed E-state index contributed by atoms with van der Waals surface area (Å²) in [6, 6.07) is 12.1. The van der Waals surface area contributed by atoms with Crippen molar-refractivity contribution in [2.75, 3.05) is 17.6 Å². The van der Waals surface area contributed by atoms with Gasteiger partial charge in [-0.25, -0.2) is 4.79 Å². The van der Waals surface area contributed by atoms with Crippen molar-refractivity contribution in [2.24, 2.45) is 0 Å². The summed E-state index contributed by atoms with van der Waals surface area (Å²) in [6.45, 7) is 8.49. The van der Waals surface area contributed by atoms with Crippen molar-refractivity contribution in [3.8, 4) is 6.07 Å². The topological polar surface area (TPSA) is 112 Å². The van der Waals surface area contributed by atoms with Crippen LogP contribution < -0.4 is 10.6 Å². The summed E-state index contributed by atoms with van der Waals surface area (Å²) < 4.78 is 5.27. The summed E-state index contributed by atoms with van der Waals surface area (Å²) in [5.41, 5.74) is 1.91. The van der Waals surface area contributed by atoms with E-state index < -0.39 is 42.1 Å². The monoisotopic (exact) mass is 544 g/mol. The minimum Gasteiger partial charge on any atom is -0.444 e. The Bertz CT molecular complexity index is 1140. The van der Waals surface area contributed by atoms with Gasteiger partial charge in [0, 0.05) is 5.75 Å². The highest BCUT2D eigenvalue weighted by molar-refractivity contribution is 7.80. The zero-order valence-electron chi connectivity index (χ0n) is 21.7. The van der Waals surface area contributed by atoms with Gasteiger partial charge < -0.3 is 20.3 Å². The summed E-state index contributed by atoms with van der Waals surface area (Å²) in [5, 5.41) is 15.2. The molecule has 2 aromatic carbocycles. The van der Waals surface area contributed by atoms with Crippen molar-refractivity contribution >= 4 is 47.8 Å². The predicted molar refractivity (Wildman–Crippen MR) is 148 cm³/mol. The third-order valence-corrected chi connectivity index (χ3v) is 6.11. The Balaban J connectivity index is 2.50. The Kier molecular flexibility index (Phi) is 10.8. The van der Waals surface area contributed by atoms with E-state index in [1.165, 1.54) is 0 Å². The highest BCUT2D eigenvalue weighted by Crippen LogP contribution is 2.29. The molecule has 2 aromatic rings. The maximum absolute atomic E-state index is 13.7. The first-order valence-electron chi connectivity index (χ1n) is 11.8. The summed E-state index contributed by atoms with van der Waals surface area (Å²) >= 11 is 10.6. The summed E-state index contributed by atoms with van der Waals surface area (Å²) in [4.78, 5) is 40.9. The first-order valence-corrected chi connectivity index (χ1v) is 12.9. The van der Waals surface area contributed by atoms with Crippen LogP contribution >= 0.6 is 24.2 Å². The van der Waals surface area contributed by atoms with Gasteiger partial charge >= 0.3 is 6.09 Å². The summed E-state index contributed by atoms with van der Waals surface area (Å²) in [6.07, 6.45) is -0.0185. The van der Waals surface area contributed by atoms with Crippen LogP contribution in [0.25, 0.3) is 0 Å². The molecular formula is C27H33ClN4O4S. The van der Waals surface area contributed by atoms with Gasteiger partial charge in [-0.2, -0.15) is 17.9 Å². The van der Waals surface area contributed by atoms with Crippen molar-refractivity contribution < 1.29 is 19.1 Å². The molecule has 0 aliphatic rings. The molecule has 8 nitrogen and oxygen atoms in total. The Labute approximate surface area is 228 Å². The van der Waals surface area contributed by atoms with E-state index >= 15 is 0 Å². The molecular weight excluding hydrogens is 512 g/mol. The number of aryl methyl sites for hydroxylation is 2. The van der Waals surface area contributed by atoms with Crippen LogP contribution in [0.15, 0.2) is 42.5 Å². The van der Waals surface area contributed by atoms with Crippen LogP contribution in [0.5, 0.6) is 0 Å². The highest BCUT2D eigenvalue weighted by atomic mass is 35.5. The molecule has 0 aliphatic heterocycles. The lowest BCUT2D eigenvalue weighted by Gasteiger charge is -2.32. The van der Waals surface area contributed by atoms with Crippen LogP contribution in [-0.4, -0.2) is 46.7 Å². The summed E-state index contributed by atoms with van der Waals surface area (Å²) in [7, 11) is 0. The smallest absolute Gasteiger partial charge is 0.408 e. The minimum atomic E-state index is -1.18. The SMILES string of the molecule is CCc1ccc(C(C(=O)Nc2c(C)cccc2Cl)N(CC#N)C(=O)C(CS)NC(=O)OC(C)(C)C)cc1. The second-order valence-corrected chi connectivity index (χ2v) is 10.2. The first-order chi connectivity index (χ1) is 17.4. The fourth-order valence-electron chi connectivity index (χ4n) is 3.60. The molecule has 0 fully saturated rings. The molecule has 0 aliphatic carbocycles. The van der Waals surface area contributed by atoms with E-state index in [0.29, 0.717) is 16.3 Å². The fraction of sp³-hybridized carbons (Fsp3) is 0.407. The highest BCUT2D eigenvalue weighted by Gasteiger charge is 2.36. The molecule has 0 bridgehead atoms. The molecule has 2 N–H and O–H groups in total. The third-order valence-electron chi connectivity index (χ3n) is 5.43. The molecule has 0 aromatic heterocycles. The van der Waals surface area contributed by atoms with E-state index in [0.717, 1.165) is 22.4 Å². The van der Waals surface area contributed by atoms with Crippen molar-refractivity contribution in [1.29, 1.82) is 5.26 Å². The molecule has 2 unspecified atom stereocenters. The lowest BCUT2D eigenvalue weighted by molar-refractivity contribution is -0.139. The molecule has 37 heavy (non-hydrogen) atoms. The molecule has 0 spiro atoms. The lowest BCUT2D eigenvalue weighted by Crippen LogP contribution is -2.53. The number of thiol groups is 1. The number of anilines is 1. The van der Waals surface area contributed by atoms with E-state index in [2.05, 4.69) is 23.3 Å². The number of carbonyl (C=O) groups is 3. The number of hydrogen-bond acceptors (Lipinski definition) is 6. The van der Waals surface area contributed by atoms with E-state index in [1.807, 2.05) is 25.1 Å². The number of benzene rings is 2. The number of hydrogen-bond donors (Lipinski definition) is 3. The molecule has 2 atom stereocenters. The Hall–Kier alpha value is -3.22. The number of ether oxygens (including phenoxy) is 1. The van der Waals surface area contributed by atoms with Gasteiger partial charge in [0.25, 0.3) is 5.91 Å². The van der Waals surface area contributed by atoms with Gasteiger partial charge in [-0.15, -0.1) is 0 Å². The summed E-state index contributed by atoms with van der Waals surface area (Å²) in [5.74, 6) is -1.29. The minimum absolute atomic E-state index is 0.0766. The zero-order chi connectivity index (χ0) is 27.8. The van der Waals surface area contributed by atoms with Crippen molar-refractivity contribution in [3.63, 3.8) is 0 Å². The van der Waals surface area contributed by atoms with Crippen molar-refractivity contribution in [3.05, 3.63) is 64.2 Å². The third kappa shape index (κ3) is 8.41. The zero-order valence-corrected chi connectivity index (χ0v) is 23.3. The number of rotatable bonds is 9. The number of nitrogens with one attached hydrogen (secondary N) is 2. The molecule has 3 amide bonds. The Morgan fingerprint density at radius 1 is 1.16 bits per heavy atom. The standard InChI is InChI=1S/C27H33ClN4O4S/c1-6-18-10-12-19(13-11-18)23(24(33)31-22-17(2)8-7-9-20(22)28)32(15-14-29)25(34)21(16-37)30-26(35)36-27(3,4)5/h7-13,21,23,37H,6,15-16H2,1-5H3,(H,30,35)(H,31,33). The van der Waals surface area contributed by atoms with E-state index in [1.54, 1.807) is 58.0 Å². The molecule has 0 heterocycles. The molecule has 0 saturated heterocycles. The normalized spacial score (nSPS) is 12.6. The largest absolute Gasteiger partial charge is 0.444 e. The van der Waals surface area contributed by atoms with Crippen LogP contribution in [-0.2, 0) is 20.7 Å². The molecule has 2 rings (SSSR count). The van der Waals surface area contributed by atoms with Gasteiger partial charge in [0.1, 0.15) is 24.2 Å². The molecule has 0 radical (unpaired) electrons. The Morgan fingerprint density at radius 2 is 1.81 bits per heavy atom. The number of halogens is 1. The maximum Gasteiger partial charge on any atom is 0.408 e. The number of nitrogens with zero attached hydrogens (tertiary/aromatic N) is 2. The maximum atomic E-state index is 13.7. The van der Waals surface area contributed by atoms with Crippen LogP contribution in [0.1, 0.15) is 50.4 Å². The fourth-order valence-corrected chi connectivity index (χ4v) is 4.11. The van der Waals surface area contributed by atoms with Gasteiger partial charge in [0.15, 0.2) is 0 Å². The molecule has 10 heteroatoms. The molecule has 198 valence electrons. The molecule has 0 saturated carbocycles. The van der Waals surface area contributed by atoms with Gasteiger partial charge in [-0.1, -0.05) is 54.9 Å². The number of amides is 3. The average Bonchev–Trinajstić information content (AvgIpc) is 2.83. The second kappa shape index (κ2) is 13.4. The van der Waals surface area contributed by atoms with Crippen LogP contribution in [0.4, 0.5) is 10.5 Å². The number of alkyl carbamates (subject to hydrolysis) is 1. The van der Waals surface area contributed by atoms with Gasteiger partial charge in [-0.05, 0) is 56.9 Å². The van der Waals surface area contributed by atoms with Crippen LogP contribution in [0.2, 0.25) is 5.02 Å². The van der Waals surface area contributed by atoms with Crippen LogP contribution in [0, 0.1) is 18.3 Å². The van der Waals surface area contributed by atoms with Crippen molar-refractivity contribution in [1.82, 2.24) is 10.2 Å². The number of carbonyl (C=O) groups excluding carboxylic acids is 3. The van der Waals surface area contributed by atoms with Crippen LogP contribution in [0.3, 0.4) is 0 Å². The van der Waals surface area contributed by atoms with Gasteiger partial charge in [0.05, 0.1) is 16.8 Å². The lowest BCUT2D eigenvalue weighted by atomic mass is 10.0. The van der Waals surface area contributed by atoms with Gasteiger partial charge in [0.2, 0.25) is 5.91 Å². The number of para-hydroxylation sites is 1.